The molecule has 1 aromatic carbocycles. The summed E-state index contributed by atoms with van der Waals surface area (Å²) in [4.78, 5) is 27.1. The number of benzene rings is 1. The van der Waals surface area contributed by atoms with Crippen LogP contribution in [-0.2, 0) is 17.6 Å². The van der Waals surface area contributed by atoms with E-state index in [0.717, 1.165) is 40.2 Å². The number of aromatic nitrogens is 1. The molecule has 0 spiro atoms. The van der Waals surface area contributed by atoms with Crippen LogP contribution in [0.2, 0.25) is 0 Å². The van der Waals surface area contributed by atoms with Crippen LogP contribution in [0.25, 0.3) is 0 Å². The molecule has 1 aromatic heterocycles. The lowest BCUT2D eigenvalue weighted by atomic mass is 10.1. The lowest BCUT2D eigenvalue weighted by Crippen LogP contribution is -2.25. The maximum Gasteiger partial charge on any atom is 0.286 e. The highest BCUT2D eigenvalue weighted by atomic mass is 32.2. The number of nitrogens with one attached hydrogen (secondary N) is 1. The average Bonchev–Trinajstić information content (AvgIpc) is 3.06. The van der Waals surface area contributed by atoms with E-state index in [1.54, 1.807) is 11.3 Å². The highest BCUT2D eigenvalue weighted by molar-refractivity contribution is 8.15. The number of imide groups is 1. The van der Waals surface area contributed by atoms with E-state index in [0.29, 0.717) is 13.0 Å². The van der Waals surface area contributed by atoms with E-state index in [9.17, 15) is 9.59 Å². The topological polar surface area (TPSA) is 68.3 Å². The second-order valence-corrected chi connectivity index (χ2v) is 7.43. The van der Waals surface area contributed by atoms with Gasteiger partial charge >= 0.3 is 0 Å². The molecule has 23 heavy (non-hydrogen) atoms. The number of rotatable bonds is 6. The molecule has 0 saturated carbocycles. The Kier molecular flexibility index (Phi) is 4.97. The van der Waals surface area contributed by atoms with Crippen molar-refractivity contribution in [3.63, 3.8) is 0 Å². The number of thiazole rings is 1. The van der Waals surface area contributed by atoms with Gasteiger partial charge in [-0.3, -0.25) is 14.9 Å². The van der Waals surface area contributed by atoms with Crippen molar-refractivity contribution in [2.75, 3.05) is 6.61 Å². The Morgan fingerprint density at radius 1 is 1.26 bits per heavy atom. The van der Waals surface area contributed by atoms with E-state index >= 15 is 0 Å². The molecule has 1 aliphatic heterocycles. The Hall–Kier alpha value is -1.86. The lowest BCUT2D eigenvalue weighted by Gasteiger charge is -2.08. The molecule has 3 rings (SSSR count). The van der Waals surface area contributed by atoms with Crippen molar-refractivity contribution >= 4 is 34.2 Å². The van der Waals surface area contributed by atoms with Crippen LogP contribution in [0.1, 0.15) is 16.3 Å². The fourth-order valence-electron chi connectivity index (χ4n) is 2.26. The third kappa shape index (κ3) is 4.33. The molecule has 5 nitrogen and oxygen atoms in total. The molecular formula is C16H16N2O3S2. The van der Waals surface area contributed by atoms with Gasteiger partial charge in [-0.15, -0.1) is 11.3 Å². The minimum absolute atomic E-state index is 0.209. The van der Waals surface area contributed by atoms with Gasteiger partial charge in [0.1, 0.15) is 5.75 Å². The van der Waals surface area contributed by atoms with Crippen molar-refractivity contribution < 1.29 is 14.3 Å². The lowest BCUT2D eigenvalue weighted by molar-refractivity contribution is -0.118. The molecule has 1 atom stereocenters. The van der Waals surface area contributed by atoms with E-state index in [1.807, 2.05) is 36.6 Å². The van der Waals surface area contributed by atoms with Crippen LogP contribution in [0.15, 0.2) is 29.6 Å². The largest absolute Gasteiger partial charge is 0.493 e. The van der Waals surface area contributed by atoms with Gasteiger partial charge in [0.05, 0.1) is 22.6 Å². The summed E-state index contributed by atoms with van der Waals surface area (Å²) in [5, 5.41) is 4.82. The van der Waals surface area contributed by atoms with E-state index in [-0.39, 0.29) is 16.4 Å². The molecule has 2 heterocycles. The summed E-state index contributed by atoms with van der Waals surface area (Å²) in [7, 11) is 0. The van der Waals surface area contributed by atoms with Crippen molar-refractivity contribution in [2.24, 2.45) is 0 Å². The van der Waals surface area contributed by atoms with E-state index < -0.39 is 0 Å². The number of aryl methyl sites for hydroxylation is 1. The molecule has 1 saturated heterocycles. The highest BCUT2D eigenvalue weighted by Gasteiger charge is 2.31. The van der Waals surface area contributed by atoms with Crippen LogP contribution in [0.3, 0.4) is 0 Å². The number of nitrogens with zero attached hydrogens (tertiary/aromatic N) is 1. The summed E-state index contributed by atoms with van der Waals surface area (Å²) in [5.41, 5.74) is 2.06. The number of hydrogen-bond acceptors (Lipinski definition) is 6. The van der Waals surface area contributed by atoms with Crippen LogP contribution in [0.4, 0.5) is 4.79 Å². The first-order valence-corrected chi connectivity index (χ1v) is 9.00. The highest BCUT2D eigenvalue weighted by Crippen LogP contribution is 2.24. The summed E-state index contributed by atoms with van der Waals surface area (Å²) in [6.45, 7) is 2.57. The minimum atomic E-state index is -0.331. The molecule has 0 bridgehead atoms. The van der Waals surface area contributed by atoms with Crippen molar-refractivity contribution in [1.82, 2.24) is 10.3 Å². The Morgan fingerprint density at radius 3 is 2.65 bits per heavy atom. The fraction of sp³-hybridized carbons (Fsp3) is 0.312. The zero-order valence-corrected chi connectivity index (χ0v) is 14.2. The second kappa shape index (κ2) is 7.14. The van der Waals surface area contributed by atoms with Gasteiger partial charge in [-0.1, -0.05) is 23.9 Å². The average molecular weight is 348 g/mol. The molecule has 1 aliphatic rings. The number of amides is 2. The minimum Gasteiger partial charge on any atom is -0.493 e. The first kappa shape index (κ1) is 16.0. The van der Waals surface area contributed by atoms with Gasteiger partial charge in [0.25, 0.3) is 5.24 Å². The number of hydrogen-bond donors (Lipinski definition) is 1. The molecule has 2 aromatic rings. The molecule has 1 N–H and O–H groups in total. The maximum atomic E-state index is 11.6. The normalized spacial score (nSPS) is 17.3. The monoisotopic (exact) mass is 348 g/mol. The van der Waals surface area contributed by atoms with Gasteiger partial charge in [-0.2, -0.15) is 0 Å². The van der Waals surface area contributed by atoms with E-state index in [2.05, 4.69) is 10.3 Å². The van der Waals surface area contributed by atoms with Gasteiger partial charge in [0, 0.05) is 11.8 Å². The molecule has 1 fully saturated rings. The summed E-state index contributed by atoms with van der Waals surface area (Å²) in [6, 6.07) is 7.64. The smallest absolute Gasteiger partial charge is 0.286 e. The summed E-state index contributed by atoms with van der Waals surface area (Å²) in [5.74, 6) is 0.583. The molecule has 0 aliphatic carbocycles. The van der Waals surface area contributed by atoms with Gasteiger partial charge in [0.15, 0.2) is 0 Å². The van der Waals surface area contributed by atoms with Crippen LogP contribution in [0, 0.1) is 6.92 Å². The van der Waals surface area contributed by atoms with Crippen LogP contribution in [0.5, 0.6) is 5.75 Å². The number of carbonyl (C=O) groups is 2. The van der Waals surface area contributed by atoms with Crippen LogP contribution >= 0.6 is 23.1 Å². The van der Waals surface area contributed by atoms with E-state index in [4.69, 9.17) is 4.74 Å². The number of ether oxygens (including phenoxy) is 1. The molecule has 1 unspecified atom stereocenters. The first-order chi connectivity index (χ1) is 11.1. The SMILES string of the molecule is Cc1nc(CCOc2ccc(CC3SC(=O)NC3=O)cc2)cs1. The van der Waals surface area contributed by atoms with Crippen LogP contribution < -0.4 is 10.1 Å². The second-order valence-electron chi connectivity index (χ2n) is 5.19. The van der Waals surface area contributed by atoms with Gasteiger partial charge < -0.3 is 4.74 Å². The first-order valence-electron chi connectivity index (χ1n) is 7.24. The fourth-order valence-corrected chi connectivity index (χ4v) is 3.77. The van der Waals surface area contributed by atoms with Crippen molar-refractivity contribution in [2.45, 2.75) is 25.0 Å². The Balaban J connectivity index is 1.49. The molecular weight excluding hydrogens is 332 g/mol. The Morgan fingerprint density at radius 2 is 2.04 bits per heavy atom. The Labute approximate surface area is 142 Å². The van der Waals surface area contributed by atoms with Gasteiger partial charge in [-0.25, -0.2) is 4.98 Å². The predicted octanol–water partition coefficient (Wildman–Crippen LogP) is 2.97. The van der Waals surface area contributed by atoms with Gasteiger partial charge in [-0.05, 0) is 31.0 Å². The van der Waals surface area contributed by atoms with Crippen molar-refractivity contribution in [1.29, 1.82) is 0 Å². The zero-order chi connectivity index (χ0) is 16.2. The summed E-state index contributed by atoms with van der Waals surface area (Å²) < 4.78 is 5.71. The van der Waals surface area contributed by atoms with Gasteiger partial charge in [0.2, 0.25) is 5.91 Å². The number of thioether (sulfide) groups is 1. The molecule has 120 valence electrons. The van der Waals surface area contributed by atoms with E-state index in [1.165, 1.54) is 0 Å². The third-order valence-corrected chi connectivity index (χ3v) is 5.21. The van der Waals surface area contributed by atoms with Crippen molar-refractivity contribution in [3.8, 4) is 5.75 Å². The summed E-state index contributed by atoms with van der Waals surface area (Å²) in [6.07, 6.45) is 1.33. The maximum absolute atomic E-state index is 11.6. The number of carbonyl (C=O) groups excluding carboxylic acids is 2. The standard InChI is InChI=1S/C16H16N2O3S2/c1-10-17-12(9-22-10)6-7-21-13-4-2-11(3-5-13)8-14-15(19)18-16(20)23-14/h2-5,9,14H,6-8H2,1H3,(H,18,19,20). The molecule has 0 radical (unpaired) electrons. The molecule has 2 amide bonds. The van der Waals surface area contributed by atoms with Crippen molar-refractivity contribution in [3.05, 3.63) is 45.9 Å². The zero-order valence-electron chi connectivity index (χ0n) is 12.6. The van der Waals surface area contributed by atoms with Crippen LogP contribution in [-0.4, -0.2) is 28.0 Å². The summed E-state index contributed by atoms with van der Waals surface area (Å²) >= 11 is 2.69. The predicted molar refractivity (Wildman–Crippen MR) is 91.1 cm³/mol. The third-order valence-electron chi connectivity index (χ3n) is 3.40. The Bertz CT molecular complexity index is 712. The molecule has 7 heteroatoms. The quantitative estimate of drug-likeness (QED) is 0.869.